The molecule has 3 aromatic rings. The summed E-state index contributed by atoms with van der Waals surface area (Å²) in [5, 5.41) is 3.28. The zero-order valence-corrected chi connectivity index (χ0v) is 18.4. The van der Waals surface area contributed by atoms with Gasteiger partial charge in [-0.2, -0.15) is 0 Å². The maximum atomic E-state index is 12.5. The van der Waals surface area contributed by atoms with Crippen molar-refractivity contribution in [1.29, 1.82) is 0 Å². The number of carbonyl (C=O) groups excluding carboxylic acids is 1. The van der Waals surface area contributed by atoms with E-state index in [2.05, 4.69) is 38.2 Å². The number of benzene rings is 3. The second-order valence-corrected chi connectivity index (χ2v) is 8.47. The Bertz CT molecular complexity index is 1010. The highest BCUT2D eigenvalue weighted by Crippen LogP contribution is 2.27. The maximum Gasteiger partial charge on any atom is 0.255 e. The first-order chi connectivity index (χ1) is 14.3. The van der Waals surface area contributed by atoms with E-state index in [0.29, 0.717) is 28.6 Å². The number of nitrogens with one attached hydrogen (secondary N) is 1. The van der Waals surface area contributed by atoms with Crippen LogP contribution in [0.15, 0.2) is 66.7 Å². The quantitative estimate of drug-likeness (QED) is 0.493. The van der Waals surface area contributed by atoms with Crippen LogP contribution in [0.1, 0.15) is 42.3 Å². The van der Waals surface area contributed by atoms with Crippen LogP contribution >= 0.6 is 11.6 Å². The molecule has 1 amide bonds. The normalized spacial score (nSPS) is 11.1. The fourth-order valence-electron chi connectivity index (χ4n) is 2.92. The number of hydrogen-bond acceptors (Lipinski definition) is 3. The van der Waals surface area contributed by atoms with Crippen LogP contribution in [-0.4, -0.2) is 13.0 Å². The molecule has 0 radical (unpaired) electrons. The predicted octanol–water partition coefficient (Wildman–Crippen LogP) is 6.48. The van der Waals surface area contributed by atoms with Crippen molar-refractivity contribution >= 4 is 23.2 Å². The minimum absolute atomic E-state index is 0.117. The van der Waals surface area contributed by atoms with Gasteiger partial charge < -0.3 is 14.8 Å². The first-order valence-electron chi connectivity index (χ1n) is 9.73. The fraction of sp³-hybridized carbons (Fsp3) is 0.240. The number of hydrogen-bond donors (Lipinski definition) is 1. The van der Waals surface area contributed by atoms with Gasteiger partial charge in [0.1, 0.15) is 18.1 Å². The highest BCUT2D eigenvalue weighted by atomic mass is 35.5. The second-order valence-electron chi connectivity index (χ2n) is 8.06. The van der Waals surface area contributed by atoms with E-state index in [1.54, 1.807) is 37.4 Å². The Morgan fingerprint density at radius 1 is 0.967 bits per heavy atom. The Morgan fingerprint density at radius 3 is 2.20 bits per heavy atom. The van der Waals surface area contributed by atoms with Crippen LogP contribution < -0.4 is 14.8 Å². The van der Waals surface area contributed by atoms with Gasteiger partial charge in [-0.05, 0) is 59.0 Å². The topological polar surface area (TPSA) is 47.6 Å². The van der Waals surface area contributed by atoms with Crippen LogP contribution in [0.3, 0.4) is 0 Å². The lowest BCUT2D eigenvalue weighted by Crippen LogP contribution is -2.12. The Labute approximate surface area is 182 Å². The second kappa shape index (κ2) is 9.23. The van der Waals surface area contributed by atoms with Crippen molar-refractivity contribution < 1.29 is 14.3 Å². The van der Waals surface area contributed by atoms with Gasteiger partial charge in [-0.15, -0.1) is 0 Å². The van der Waals surface area contributed by atoms with E-state index in [1.807, 2.05) is 24.3 Å². The van der Waals surface area contributed by atoms with Gasteiger partial charge in [0.05, 0.1) is 12.1 Å². The largest absolute Gasteiger partial charge is 0.495 e. The number of rotatable bonds is 6. The van der Waals surface area contributed by atoms with E-state index in [4.69, 9.17) is 21.1 Å². The van der Waals surface area contributed by atoms with Gasteiger partial charge in [-0.1, -0.05) is 56.6 Å². The lowest BCUT2D eigenvalue weighted by Gasteiger charge is -2.19. The van der Waals surface area contributed by atoms with Crippen LogP contribution in [0.4, 0.5) is 5.69 Å². The van der Waals surface area contributed by atoms with Crippen molar-refractivity contribution in [3.63, 3.8) is 0 Å². The molecule has 1 N–H and O–H groups in total. The van der Waals surface area contributed by atoms with Crippen molar-refractivity contribution in [1.82, 2.24) is 0 Å². The van der Waals surface area contributed by atoms with E-state index in [9.17, 15) is 4.79 Å². The Balaban J connectivity index is 1.58. The van der Waals surface area contributed by atoms with Crippen LogP contribution in [0.5, 0.6) is 11.5 Å². The number of ether oxygens (including phenoxy) is 2. The molecule has 0 bridgehead atoms. The molecule has 3 aromatic carbocycles. The third-order valence-electron chi connectivity index (χ3n) is 4.75. The van der Waals surface area contributed by atoms with Crippen molar-refractivity contribution in [3.8, 4) is 11.5 Å². The molecule has 30 heavy (non-hydrogen) atoms. The molecular formula is C25H26ClNO3. The lowest BCUT2D eigenvalue weighted by molar-refractivity contribution is 0.102. The van der Waals surface area contributed by atoms with Crippen LogP contribution in [0.25, 0.3) is 0 Å². The van der Waals surface area contributed by atoms with E-state index >= 15 is 0 Å². The molecule has 0 heterocycles. The van der Waals surface area contributed by atoms with Gasteiger partial charge in [0.25, 0.3) is 5.91 Å². The Hall–Kier alpha value is -2.98. The zero-order valence-electron chi connectivity index (χ0n) is 17.7. The standard InChI is InChI=1S/C25H26ClNO3/c1-25(2,3)19-9-12-21(13-10-19)30-16-17-5-7-18(8-6-17)24(28)27-20-11-14-23(29-4)22(26)15-20/h5-15H,16H2,1-4H3,(H,27,28). The third kappa shape index (κ3) is 5.55. The highest BCUT2D eigenvalue weighted by Gasteiger charge is 2.13. The fourth-order valence-corrected chi connectivity index (χ4v) is 3.18. The number of anilines is 1. The van der Waals surface area contributed by atoms with Gasteiger partial charge >= 0.3 is 0 Å². The minimum Gasteiger partial charge on any atom is -0.495 e. The smallest absolute Gasteiger partial charge is 0.255 e. The highest BCUT2D eigenvalue weighted by molar-refractivity contribution is 6.32. The summed E-state index contributed by atoms with van der Waals surface area (Å²) in [5.41, 5.74) is 3.53. The molecule has 0 atom stereocenters. The van der Waals surface area contributed by atoms with Crippen molar-refractivity contribution in [2.45, 2.75) is 32.8 Å². The van der Waals surface area contributed by atoms with Gasteiger partial charge in [-0.3, -0.25) is 4.79 Å². The van der Waals surface area contributed by atoms with E-state index < -0.39 is 0 Å². The molecule has 0 fully saturated rings. The Morgan fingerprint density at radius 2 is 1.63 bits per heavy atom. The van der Waals surface area contributed by atoms with Gasteiger partial charge in [0.15, 0.2) is 0 Å². The van der Waals surface area contributed by atoms with Crippen LogP contribution in [-0.2, 0) is 12.0 Å². The van der Waals surface area contributed by atoms with Crippen molar-refractivity contribution in [2.24, 2.45) is 0 Å². The summed E-state index contributed by atoms with van der Waals surface area (Å²) in [5.74, 6) is 1.18. The van der Waals surface area contributed by atoms with Gasteiger partial charge in [0, 0.05) is 11.3 Å². The van der Waals surface area contributed by atoms with E-state index in [-0.39, 0.29) is 11.3 Å². The molecule has 0 aliphatic rings. The number of methoxy groups -OCH3 is 1. The molecule has 5 heteroatoms. The minimum atomic E-state index is -0.207. The zero-order chi connectivity index (χ0) is 21.7. The summed E-state index contributed by atoms with van der Waals surface area (Å²) in [6.45, 7) is 6.99. The Kier molecular flexibility index (Phi) is 6.68. The van der Waals surface area contributed by atoms with Gasteiger partial charge in [-0.25, -0.2) is 0 Å². The molecule has 3 rings (SSSR count). The van der Waals surface area contributed by atoms with Gasteiger partial charge in [0.2, 0.25) is 0 Å². The van der Waals surface area contributed by atoms with Crippen molar-refractivity contribution in [2.75, 3.05) is 12.4 Å². The molecule has 4 nitrogen and oxygen atoms in total. The molecule has 0 saturated carbocycles. The summed E-state index contributed by atoms with van der Waals surface area (Å²) in [6.07, 6.45) is 0. The number of halogens is 1. The summed E-state index contributed by atoms with van der Waals surface area (Å²) < 4.78 is 11.0. The predicted molar refractivity (Wildman–Crippen MR) is 122 cm³/mol. The van der Waals surface area contributed by atoms with E-state index in [0.717, 1.165) is 11.3 Å². The lowest BCUT2D eigenvalue weighted by atomic mass is 9.87. The summed E-state index contributed by atoms with van der Waals surface area (Å²) >= 11 is 6.11. The summed E-state index contributed by atoms with van der Waals surface area (Å²) in [7, 11) is 1.55. The molecular weight excluding hydrogens is 398 g/mol. The van der Waals surface area contributed by atoms with Crippen LogP contribution in [0.2, 0.25) is 5.02 Å². The van der Waals surface area contributed by atoms with Crippen LogP contribution in [0, 0.1) is 0 Å². The molecule has 0 aliphatic heterocycles. The summed E-state index contributed by atoms with van der Waals surface area (Å²) in [6, 6.07) is 20.6. The third-order valence-corrected chi connectivity index (χ3v) is 5.05. The average molecular weight is 424 g/mol. The number of amides is 1. The number of carbonyl (C=O) groups is 1. The average Bonchev–Trinajstić information content (AvgIpc) is 2.72. The molecule has 0 unspecified atom stereocenters. The molecule has 0 saturated heterocycles. The first-order valence-corrected chi connectivity index (χ1v) is 10.1. The van der Waals surface area contributed by atoms with E-state index in [1.165, 1.54) is 5.56 Å². The summed E-state index contributed by atoms with van der Waals surface area (Å²) in [4.78, 5) is 12.5. The molecule has 156 valence electrons. The SMILES string of the molecule is COc1ccc(NC(=O)c2ccc(COc3ccc(C(C)(C)C)cc3)cc2)cc1Cl. The monoisotopic (exact) mass is 423 g/mol. The maximum absolute atomic E-state index is 12.5. The van der Waals surface area contributed by atoms with Crippen molar-refractivity contribution in [3.05, 3.63) is 88.4 Å². The molecule has 0 spiro atoms. The first kappa shape index (κ1) is 21.7. The molecule has 0 aromatic heterocycles. The molecule has 0 aliphatic carbocycles.